The van der Waals surface area contributed by atoms with Gasteiger partial charge in [-0.15, -0.1) is 0 Å². The van der Waals surface area contributed by atoms with Crippen molar-refractivity contribution in [2.75, 3.05) is 13.1 Å². The third-order valence-corrected chi connectivity index (χ3v) is 3.13. The largest absolute Gasteiger partial charge is 0.444 e. The van der Waals surface area contributed by atoms with Crippen molar-refractivity contribution in [3.8, 4) is 0 Å². The smallest absolute Gasteiger partial charge is 0.410 e. The minimum atomic E-state index is -0.478. The van der Waals surface area contributed by atoms with E-state index in [4.69, 9.17) is 4.74 Å². The number of hydrogen-bond acceptors (Lipinski definition) is 4. The van der Waals surface area contributed by atoms with Gasteiger partial charge in [0.15, 0.2) is 0 Å². The Morgan fingerprint density at radius 1 is 1.20 bits per heavy atom. The molecule has 1 aromatic rings. The molecule has 1 aliphatic rings. The van der Waals surface area contributed by atoms with Crippen LogP contribution >= 0.6 is 0 Å². The molecule has 6 nitrogen and oxygen atoms in total. The Kier molecular flexibility index (Phi) is 10.3. The third-order valence-electron chi connectivity index (χ3n) is 3.13. The van der Waals surface area contributed by atoms with Crippen LogP contribution in [0.25, 0.3) is 5.57 Å². The molecule has 0 unspecified atom stereocenters. The molecule has 0 bridgehead atoms. The number of H-pyrrole nitrogens is 1. The fourth-order valence-corrected chi connectivity index (χ4v) is 2.10. The van der Waals surface area contributed by atoms with Crippen LogP contribution < -0.4 is 4.98 Å². The van der Waals surface area contributed by atoms with E-state index in [0.29, 0.717) is 18.9 Å². The minimum Gasteiger partial charge on any atom is -0.444 e. The van der Waals surface area contributed by atoms with E-state index < -0.39 is 5.60 Å². The number of nitroso groups, excluding NO2 is 1. The van der Waals surface area contributed by atoms with Crippen LogP contribution in [0.4, 0.5) is 10.6 Å². The zero-order valence-electron chi connectivity index (χ0n) is 16.5. The quantitative estimate of drug-likeness (QED) is 0.706. The monoisotopic (exact) mass is 350 g/mol. The first-order chi connectivity index (χ1) is 11.9. The molecule has 0 radical (unpaired) electrons. The van der Waals surface area contributed by atoms with Gasteiger partial charge >= 0.3 is 11.9 Å². The molecular weight excluding hydrogens is 318 g/mol. The van der Waals surface area contributed by atoms with Crippen LogP contribution in [0, 0.1) is 4.91 Å². The molecule has 0 aromatic carbocycles. The van der Waals surface area contributed by atoms with Crippen LogP contribution in [-0.4, -0.2) is 29.7 Å². The summed E-state index contributed by atoms with van der Waals surface area (Å²) in [5.74, 6) is 0.297. The van der Waals surface area contributed by atoms with E-state index >= 15 is 0 Å². The van der Waals surface area contributed by atoms with Gasteiger partial charge in [0.25, 0.3) is 0 Å². The Morgan fingerprint density at radius 3 is 2.24 bits per heavy atom. The summed E-state index contributed by atoms with van der Waals surface area (Å²) in [6, 6.07) is 3.49. The van der Waals surface area contributed by atoms with Gasteiger partial charge in [-0.1, -0.05) is 33.8 Å². The molecule has 140 valence electrons. The lowest BCUT2D eigenvalue weighted by atomic mass is 10.0. The molecule has 1 amide bonds. The molecule has 0 saturated carbocycles. The lowest BCUT2D eigenvalue weighted by Crippen LogP contribution is -2.39. The predicted molar refractivity (Wildman–Crippen MR) is 102 cm³/mol. The molecule has 6 heteroatoms. The highest BCUT2D eigenvalue weighted by molar-refractivity contribution is 5.72. The fourth-order valence-electron chi connectivity index (χ4n) is 2.10. The summed E-state index contributed by atoms with van der Waals surface area (Å²) in [5, 5.41) is 2.83. The molecule has 0 fully saturated rings. The van der Waals surface area contributed by atoms with Crippen molar-refractivity contribution in [1.29, 1.82) is 0 Å². The molecule has 1 aromatic heterocycles. The van der Waals surface area contributed by atoms with E-state index in [1.54, 1.807) is 17.2 Å². The Hall–Kier alpha value is -2.24. The van der Waals surface area contributed by atoms with E-state index in [9.17, 15) is 9.70 Å². The highest BCUT2D eigenvalue weighted by Crippen LogP contribution is 2.23. The second kappa shape index (κ2) is 11.3. The topological polar surface area (TPSA) is 73.1 Å². The molecular formula is C19H32N3O3+. The predicted octanol–water partition coefficient (Wildman–Crippen LogP) is 4.98. The number of amides is 1. The Bertz CT molecular complexity index is 560. The number of carbonyl (C=O) groups is 1. The maximum Gasteiger partial charge on any atom is 0.410 e. The van der Waals surface area contributed by atoms with Crippen molar-refractivity contribution in [2.45, 2.75) is 60.5 Å². The van der Waals surface area contributed by atoms with Gasteiger partial charge in [-0.3, -0.25) is 0 Å². The number of aromatic nitrogens is 1. The summed E-state index contributed by atoms with van der Waals surface area (Å²) in [4.78, 5) is 26.8. The van der Waals surface area contributed by atoms with Crippen molar-refractivity contribution in [2.24, 2.45) is 5.18 Å². The maximum absolute atomic E-state index is 12.0. The molecule has 0 aliphatic carbocycles. The number of pyridine rings is 1. The third kappa shape index (κ3) is 7.92. The summed E-state index contributed by atoms with van der Waals surface area (Å²) in [7, 11) is 0. The lowest BCUT2D eigenvalue weighted by Gasteiger charge is -2.29. The van der Waals surface area contributed by atoms with Gasteiger partial charge in [0.1, 0.15) is 5.60 Å². The summed E-state index contributed by atoms with van der Waals surface area (Å²) in [6.45, 7) is 14.7. The van der Waals surface area contributed by atoms with Crippen molar-refractivity contribution in [1.82, 2.24) is 4.90 Å². The Balaban J connectivity index is 0.00000134. The number of hydrogen-bond donors (Lipinski definition) is 0. The molecule has 25 heavy (non-hydrogen) atoms. The average Bonchev–Trinajstić information content (AvgIpc) is 2.64. The first kappa shape index (κ1) is 22.8. The zero-order chi connectivity index (χ0) is 19.5. The van der Waals surface area contributed by atoms with Crippen LogP contribution in [0.1, 0.15) is 60.5 Å². The van der Waals surface area contributed by atoms with Gasteiger partial charge in [-0.05, 0) is 43.7 Å². The lowest BCUT2D eigenvalue weighted by molar-refractivity contribution is -0.363. The first-order valence-corrected chi connectivity index (χ1v) is 8.91. The number of rotatable bonds is 2. The molecule has 0 spiro atoms. The normalized spacial score (nSPS) is 13.4. The maximum atomic E-state index is 12.0. The van der Waals surface area contributed by atoms with Gasteiger partial charge in [-0.25, -0.2) is 9.78 Å². The molecule has 2 rings (SSSR count). The molecule has 1 N–H and O–H groups in total. The summed E-state index contributed by atoms with van der Waals surface area (Å²) in [5.41, 5.74) is 1.67. The number of nitrogens with one attached hydrogen (secondary N) is 1. The summed E-state index contributed by atoms with van der Waals surface area (Å²) in [6.07, 6.45) is 4.22. The van der Waals surface area contributed by atoms with Crippen molar-refractivity contribution in [3.05, 3.63) is 34.9 Å². The Morgan fingerprint density at radius 2 is 1.84 bits per heavy atom. The standard InChI is InChI=1S/C15H19N3O3.2C2H6/c1-15(2,3)21-14(19)18-8-6-11(7-9-18)12-4-5-13(17-20)16-10-12;2*1-2/h4-6,10H,7-9H2,1-3H3;2*1-2H3/p+1. The second-order valence-electron chi connectivity index (χ2n) is 5.96. The first-order valence-electron chi connectivity index (χ1n) is 8.91. The second-order valence-corrected chi connectivity index (χ2v) is 5.96. The van der Waals surface area contributed by atoms with Gasteiger partial charge in [-0.2, -0.15) is 0 Å². The minimum absolute atomic E-state index is 0.287. The van der Waals surface area contributed by atoms with E-state index in [0.717, 1.165) is 17.6 Å². The number of aromatic amines is 1. The number of ether oxygens (including phenoxy) is 1. The highest BCUT2D eigenvalue weighted by atomic mass is 16.6. The van der Waals surface area contributed by atoms with Gasteiger partial charge in [0, 0.05) is 24.7 Å². The zero-order valence-corrected chi connectivity index (χ0v) is 16.5. The SMILES string of the molecule is CC.CC.CC(C)(C)OC(=O)N1CC=C(c2ccc(N=O)[nH+]c2)CC1. The summed E-state index contributed by atoms with van der Waals surface area (Å²) < 4.78 is 5.35. The number of nitrogens with zero attached hydrogens (tertiary/aromatic N) is 2. The Labute approximate surface area is 151 Å². The van der Waals surface area contributed by atoms with Gasteiger partial charge in [0.2, 0.25) is 5.18 Å². The molecule has 2 heterocycles. The molecule has 0 atom stereocenters. The van der Waals surface area contributed by atoms with E-state index in [-0.39, 0.29) is 6.09 Å². The van der Waals surface area contributed by atoms with Crippen molar-refractivity contribution in [3.63, 3.8) is 0 Å². The molecule has 1 aliphatic heterocycles. The average molecular weight is 350 g/mol. The van der Waals surface area contributed by atoms with Crippen LogP contribution in [0.5, 0.6) is 0 Å². The van der Waals surface area contributed by atoms with Crippen molar-refractivity contribution < 1.29 is 14.5 Å². The highest BCUT2D eigenvalue weighted by Gasteiger charge is 2.24. The number of carbonyl (C=O) groups excluding carboxylic acids is 1. The molecule has 0 saturated heterocycles. The van der Waals surface area contributed by atoms with E-state index in [2.05, 4.69) is 10.2 Å². The van der Waals surface area contributed by atoms with Crippen LogP contribution in [-0.2, 0) is 4.74 Å². The van der Waals surface area contributed by atoms with Crippen LogP contribution in [0.3, 0.4) is 0 Å². The van der Waals surface area contributed by atoms with E-state index in [1.165, 1.54) is 0 Å². The van der Waals surface area contributed by atoms with Crippen LogP contribution in [0.15, 0.2) is 29.6 Å². The van der Waals surface area contributed by atoms with Crippen LogP contribution in [0.2, 0.25) is 0 Å². The van der Waals surface area contributed by atoms with Gasteiger partial charge < -0.3 is 9.64 Å². The fraction of sp³-hybridized carbons (Fsp3) is 0.579. The van der Waals surface area contributed by atoms with Gasteiger partial charge in [0.05, 0.1) is 6.20 Å². The van der Waals surface area contributed by atoms with Crippen molar-refractivity contribution >= 4 is 17.5 Å². The van der Waals surface area contributed by atoms with E-state index in [1.807, 2.05) is 60.6 Å². The summed E-state index contributed by atoms with van der Waals surface area (Å²) >= 11 is 0.